The molecule has 1 saturated heterocycles. The topological polar surface area (TPSA) is 78.8 Å². The van der Waals surface area contributed by atoms with E-state index in [1.165, 1.54) is 7.11 Å². The van der Waals surface area contributed by atoms with E-state index in [0.29, 0.717) is 49.7 Å². The number of benzene rings is 2. The molecule has 0 aromatic heterocycles. The number of hydrogen-bond acceptors (Lipinski definition) is 8. The number of halogens is 6. The largest absolute Gasteiger partial charge is 0.496 e. The number of ether oxygens (including phenoxy) is 3. The number of hydroxylamine groups is 2. The highest BCUT2D eigenvalue weighted by Gasteiger charge is 2.42. The maximum atomic E-state index is 13.7. The molecule has 0 amide bonds. The fourth-order valence-electron chi connectivity index (χ4n) is 5.39. The first kappa shape index (κ1) is 30.1. The minimum Gasteiger partial charge on any atom is -0.496 e. The van der Waals surface area contributed by atoms with Crippen LogP contribution in [0.2, 0.25) is 0 Å². The average molecular weight is 601 g/mol. The van der Waals surface area contributed by atoms with Crippen molar-refractivity contribution in [1.29, 1.82) is 0 Å². The normalized spacial score (nSPS) is 24.1. The fourth-order valence-corrected chi connectivity index (χ4v) is 5.39. The Morgan fingerprint density at radius 2 is 1.69 bits per heavy atom. The molecule has 2 aromatic carbocycles. The van der Waals surface area contributed by atoms with Crippen LogP contribution in [0.5, 0.6) is 5.75 Å². The Balaban J connectivity index is 1.63. The van der Waals surface area contributed by atoms with Crippen LogP contribution in [0.15, 0.2) is 53.5 Å². The molecule has 228 valence electrons. The van der Waals surface area contributed by atoms with Crippen LogP contribution in [0.1, 0.15) is 22.3 Å². The lowest BCUT2D eigenvalue weighted by atomic mass is 9.89. The van der Waals surface area contributed by atoms with E-state index in [2.05, 4.69) is 10.3 Å². The van der Waals surface area contributed by atoms with Crippen molar-refractivity contribution in [2.45, 2.75) is 31.0 Å². The van der Waals surface area contributed by atoms with Gasteiger partial charge in [-0.25, -0.2) is 4.99 Å². The molecule has 42 heavy (non-hydrogen) atoms. The molecule has 3 heterocycles. The summed E-state index contributed by atoms with van der Waals surface area (Å²) in [6.45, 7) is 2.37. The molecule has 0 aliphatic carbocycles. The van der Waals surface area contributed by atoms with Crippen LogP contribution in [0, 0.1) is 5.92 Å². The van der Waals surface area contributed by atoms with E-state index in [0.717, 1.165) is 5.06 Å². The molecule has 3 atom stereocenters. The van der Waals surface area contributed by atoms with Gasteiger partial charge in [-0.3, -0.25) is 20.5 Å². The quantitative estimate of drug-likeness (QED) is 0.485. The maximum absolute atomic E-state index is 13.7. The molecule has 5 rings (SSSR count). The number of para-hydroxylation sites is 1. The third-order valence-corrected chi connectivity index (χ3v) is 7.48. The first-order valence-corrected chi connectivity index (χ1v) is 13.3. The third-order valence-electron chi connectivity index (χ3n) is 7.48. The number of fused-ring (bicyclic) bond motifs is 1. The SMILES string of the molecule is COc1ccccc1C1=CC(N2CCOCC2)OC2=NCNCC2C(Cc2cc(C(F)(F)F)cc(C(F)(F)F)c2)N1O. The van der Waals surface area contributed by atoms with Gasteiger partial charge >= 0.3 is 12.4 Å². The minimum atomic E-state index is -5.01. The van der Waals surface area contributed by atoms with E-state index in [-0.39, 0.29) is 42.9 Å². The molecule has 1 fully saturated rings. The van der Waals surface area contributed by atoms with E-state index >= 15 is 0 Å². The molecule has 0 bridgehead atoms. The van der Waals surface area contributed by atoms with Crippen molar-refractivity contribution in [1.82, 2.24) is 15.3 Å². The second-order valence-corrected chi connectivity index (χ2v) is 10.2. The summed E-state index contributed by atoms with van der Waals surface area (Å²) < 4.78 is 99.3. The second kappa shape index (κ2) is 12.1. The average Bonchev–Trinajstić information content (AvgIpc) is 2.97. The molecule has 0 spiro atoms. The van der Waals surface area contributed by atoms with E-state index in [1.54, 1.807) is 30.3 Å². The Morgan fingerprint density at radius 1 is 1.02 bits per heavy atom. The highest BCUT2D eigenvalue weighted by atomic mass is 19.4. The Kier molecular flexibility index (Phi) is 8.69. The lowest BCUT2D eigenvalue weighted by Crippen LogP contribution is -2.54. The summed E-state index contributed by atoms with van der Waals surface area (Å²) in [6, 6.07) is 7.22. The Hall–Kier alpha value is -3.33. The fraction of sp³-hybridized carbons (Fsp3) is 0.464. The van der Waals surface area contributed by atoms with Gasteiger partial charge in [0.15, 0.2) is 12.1 Å². The number of nitrogens with one attached hydrogen (secondary N) is 1. The smallest absolute Gasteiger partial charge is 0.416 e. The number of aliphatic imine (C=N–C) groups is 1. The van der Waals surface area contributed by atoms with Crippen molar-refractivity contribution >= 4 is 11.6 Å². The van der Waals surface area contributed by atoms with Gasteiger partial charge in [0.2, 0.25) is 0 Å². The van der Waals surface area contributed by atoms with Crippen molar-refractivity contribution in [3.63, 3.8) is 0 Å². The summed E-state index contributed by atoms with van der Waals surface area (Å²) in [6.07, 6.45) is -9.44. The van der Waals surface area contributed by atoms with Gasteiger partial charge in [-0.1, -0.05) is 12.1 Å². The number of rotatable bonds is 5. The second-order valence-electron chi connectivity index (χ2n) is 10.2. The molecule has 3 aliphatic heterocycles. The molecule has 2 aromatic rings. The number of hydrogen-bond donors (Lipinski definition) is 2. The van der Waals surface area contributed by atoms with Gasteiger partial charge in [0, 0.05) is 25.2 Å². The van der Waals surface area contributed by atoms with E-state index in [9.17, 15) is 31.5 Å². The summed E-state index contributed by atoms with van der Waals surface area (Å²) >= 11 is 0. The molecular weight excluding hydrogens is 570 g/mol. The first-order chi connectivity index (χ1) is 20.0. The molecule has 3 unspecified atom stereocenters. The number of methoxy groups -OCH3 is 1. The highest BCUT2D eigenvalue weighted by molar-refractivity contribution is 5.82. The molecule has 0 saturated carbocycles. The van der Waals surface area contributed by atoms with Gasteiger partial charge in [0.05, 0.1) is 55.8 Å². The zero-order chi connectivity index (χ0) is 30.1. The van der Waals surface area contributed by atoms with Gasteiger partial charge < -0.3 is 14.2 Å². The minimum absolute atomic E-state index is 0.0869. The van der Waals surface area contributed by atoms with E-state index in [1.807, 2.05) is 4.90 Å². The van der Waals surface area contributed by atoms with E-state index in [4.69, 9.17) is 14.2 Å². The zero-order valence-electron chi connectivity index (χ0n) is 22.6. The third kappa shape index (κ3) is 6.51. The molecule has 2 N–H and O–H groups in total. The lowest BCUT2D eigenvalue weighted by Gasteiger charge is -2.43. The van der Waals surface area contributed by atoms with Crippen LogP contribution in [-0.4, -0.2) is 80.0 Å². The first-order valence-electron chi connectivity index (χ1n) is 13.3. The van der Waals surface area contributed by atoms with Crippen LogP contribution >= 0.6 is 0 Å². The molecule has 3 aliphatic rings. The Bertz CT molecular complexity index is 1290. The summed E-state index contributed by atoms with van der Waals surface area (Å²) in [5.74, 6) is -0.0841. The van der Waals surface area contributed by atoms with Crippen molar-refractivity contribution in [2.75, 3.05) is 46.6 Å². The van der Waals surface area contributed by atoms with Gasteiger partial charge in [-0.15, -0.1) is 0 Å². The van der Waals surface area contributed by atoms with Crippen LogP contribution in [0.25, 0.3) is 5.70 Å². The summed E-state index contributed by atoms with van der Waals surface area (Å²) in [5.41, 5.74) is -2.43. The summed E-state index contributed by atoms with van der Waals surface area (Å²) in [4.78, 5) is 6.44. The highest BCUT2D eigenvalue weighted by Crippen LogP contribution is 2.39. The number of alkyl halides is 6. The molecule has 14 heteroatoms. The number of morpholine rings is 1. The predicted octanol–water partition coefficient (Wildman–Crippen LogP) is 4.64. The Morgan fingerprint density at radius 3 is 2.33 bits per heavy atom. The monoisotopic (exact) mass is 600 g/mol. The van der Waals surface area contributed by atoms with Crippen molar-refractivity contribution < 1.29 is 45.8 Å². The van der Waals surface area contributed by atoms with Gasteiger partial charge in [-0.05, 0) is 48.4 Å². The van der Waals surface area contributed by atoms with Crippen LogP contribution in [0.3, 0.4) is 0 Å². The Labute approximate surface area is 238 Å². The molecular formula is C28H30F6N4O4. The standard InChI is InChI=1S/C28H30F6N4O4/c1-40-24-5-3-2-4-20(24)23-14-25(37-6-8-41-9-7-37)42-26-21(15-35-16-36-26)22(38(23)39)12-17-10-18(27(29,30)31)13-19(11-17)28(32,33)34/h2-5,10-11,13-14,21-22,25,35,39H,6-9,12,15-16H2,1H3. The number of nitrogens with zero attached hydrogens (tertiary/aromatic N) is 3. The maximum Gasteiger partial charge on any atom is 0.416 e. The van der Waals surface area contributed by atoms with Crippen molar-refractivity contribution in [2.24, 2.45) is 10.9 Å². The van der Waals surface area contributed by atoms with E-state index < -0.39 is 41.7 Å². The summed E-state index contributed by atoms with van der Waals surface area (Å²) in [7, 11) is 1.45. The summed E-state index contributed by atoms with van der Waals surface area (Å²) in [5, 5.41) is 15.8. The van der Waals surface area contributed by atoms with Crippen LogP contribution < -0.4 is 10.1 Å². The van der Waals surface area contributed by atoms with Crippen LogP contribution in [0.4, 0.5) is 26.3 Å². The van der Waals surface area contributed by atoms with Crippen molar-refractivity contribution in [3.05, 3.63) is 70.8 Å². The van der Waals surface area contributed by atoms with Crippen molar-refractivity contribution in [3.8, 4) is 5.75 Å². The lowest BCUT2D eigenvalue weighted by molar-refractivity contribution is -0.143. The van der Waals surface area contributed by atoms with Crippen LogP contribution in [-0.2, 0) is 28.2 Å². The molecule has 0 radical (unpaired) electrons. The van der Waals surface area contributed by atoms with Gasteiger partial charge in [-0.2, -0.15) is 26.3 Å². The van der Waals surface area contributed by atoms with Gasteiger partial charge in [0.1, 0.15) is 5.75 Å². The zero-order valence-corrected chi connectivity index (χ0v) is 22.6. The van der Waals surface area contributed by atoms with Gasteiger partial charge in [0.25, 0.3) is 0 Å². The molecule has 8 nitrogen and oxygen atoms in total. The predicted molar refractivity (Wildman–Crippen MR) is 140 cm³/mol.